The molecule has 8 heteroatoms. The minimum Gasteiger partial charge on any atom is -0.374 e. The number of amides is 1. The molecule has 0 unspecified atom stereocenters. The Kier molecular flexibility index (Phi) is 5.60. The Bertz CT molecular complexity index is 670. The zero-order valence-corrected chi connectivity index (χ0v) is 14.9. The molecule has 1 N–H and O–H groups in total. The van der Waals surface area contributed by atoms with Crippen molar-refractivity contribution in [2.24, 2.45) is 0 Å². The number of carbonyl (C=O) groups is 1. The summed E-state index contributed by atoms with van der Waals surface area (Å²) in [7, 11) is 0. The van der Waals surface area contributed by atoms with Crippen molar-refractivity contribution in [3.63, 3.8) is 0 Å². The lowest BCUT2D eigenvalue weighted by molar-refractivity contribution is -0.124. The number of nitrogens with one attached hydrogen (secondary N) is 1. The molecule has 0 bridgehead atoms. The van der Waals surface area contributed by atoms with Gasteiger partial charge in [-0.3, -0.25) is 9.69 Å². The maximum Gasteiger partial charge on any atom is 0.234 e. The fraction of sp³-hybridized carbons (Fsp3) is 0.562. The molecule has 0 saturated carbocycles. The number of aryl methyl sites for hydroxylation is 2. The highest BCUT2D eigenvalue weighted by molar-refractivity contribution is 7.09. The molecule has 1 aliphatic rings. The molecule has 130 valence electrons. The number of thiophene rings is 1. The minimum absolute atomic E-state index is 0.0312. The van der Waals surface area contributed by atoms with Crippen LogP contribution in [0, 0.1) is 13.8 Å². The molecule has 7 nitrogen and oxygen atoms in total. The quantitative estimate of drug-likeness (QED) is 0.841. The van der Waals surface area contributed by atoms with Gasteiger partial charge in [-0.15, -0.1) is 11.3 Å². The molecule has 1 saturated heterocycles. The lowest BCUT2D eigenvalue weighted by Gasteiger charge is -2.32. The molecule has 0 aliphatic carbocycles. The van der Waals surface area contributed by atoms with E-state index in [0.29, 0.717) is 26.2 Å². The first kappa shape index (κ1) is 17.1. The van der Waals surface area contributed by atoms with Crippen LogP contribution in [-0.4, -0.2) is 57.9 Å². The third kappa shape index (κ3) is 4.62. The van der Waals surface area contributed by atoms with Crippen molar-refractivity contribution in [2.45, 2.75) is 33.0 Å². The number of carbonyl (C=O) groups excluding carboxylic acids is 1. The van der Waals surface area contributed by atoms with E-state index in [1.165, 1.54) is 4.88 Å². The second-order valence-electron chi connectivity index (χ2n) is 5.97. The van der Waals surface area contributed by atoms with Crippen molar-refractivity contribution in [3.05, 3.63) is 34.0 Å². The summed E-state index contributed by atoms with van der Waals surface area (Å²) in [6, 6.07) is 4.02. The summed E-state index contributed by atoms with van der Waals surface area (Å²) in [5, 5.41) is 9.36. The number of aromatic nitrogens is 3. The van der Waals surface area contributed by atoms with Gasteiger partial charge in [-0.2, -0.15) is 5.10 Å². The van der Waals surface area contributed by atoms with Gasteiger partial charge in [-0.05, 0) is 25.3 Å². The zero-order chi connectivity index (χ0) is 16.9. The molecule has 0 spiro atoms. The zero-order valence-electron chi connectivity index (χ0n) is 14.1. The Labute approximate surface area is 145 Å². The third-order valence-electron chi connectivity index (χ3n) is 3.97. The van der Waals surface area contributed by atoms with Crippen LogP contribution in [0.25, 0.3) is 0 Å². The summed E-state index contributed by atoms with van der Waals surface area (Å²) >= 11 is 1.65. The summed E-state index contributed by atoms with van der Waals surface area (Å²) < 4.78 is 7.69. The molecular formula is C16H23N5O2S. The maximum absolute atomic E-state index is 12.1. The molecule has 0 radical (unpaired) electrons. The summed E-state index contributed by atoms with van der Waals surface area (Å²) in [5.74, 6) is 1.71. The molecule has 1 atom stereocenters. The van der Waals surface area contributed by atoms with Crippen LogP contribution >= 0.6 is 11.3 Å². The largest absolute Gasteiger partial charge is 0.374 e. The standard InChI is InChI=1S/C16H23N5O2S/c1-12-18-13(2)21(19-12)10-14-9-20(5-6-23-14)11-16(22)17-8-15-4-3-7-24-15/h3-4,7,14H,5-6,8-11H2,1-2H3,(H,17,22)/t14-/m0/s1. The molecule has 2 aromatic heterocycles. The average molecular weight is 349 g/mol. The van der Waals surface area contributed by atoms with Crippen LogP contribution in [-0.2, 0) is 22.6 Å². The van der Waals surface area contributed by atoms with Gasteiger partial charge in [0.05, 0.1) is 32.3 Å². The van der Waals surface area contributed by atoms with E-state index >= 15 is 0 Å². The monoisotopic (exact) mass is 349 g/mol. The van der Waals surface area contributed by atoms with Crippen LogP contribution < -0.4 is 5.32 Å². The van der Waals surface area contributed by atoms with E-state index in [1.807, 2.05) is 36.0 Å². The molecule has 1 amide bonds. The third-order valence-corrected chi connectivity index (χ3v) is 4.85. The highest BCUT2D eigenvalue weighted by Crippen LogP contribution is 2.10. The molecule has 2 aromatic rings. The van der Waals surface area contributed by atoms with Crippen LogP contribution in [0.4, 0.5) is 0 Å². The predicted octanol–water partition coefficient (Wildman–Crippen LogP) is 0.974. The number of hydrogen-bond donors (Lipinski definition) is 1. The van der Waals surface area contributed by atoms with Gasteiger partial charge in [0.1, 0.15) is 11.6 Å². The van der Waals surface area contributed by atoms with Crippen molar-refractivity contribution >= 4 is 17.2 Å². The molecule has 3 rings (SSSR count). The van der Waals surface area contributed by atoms with Crippen molar-refractivity contribution in [2.75, 3.05) is 26.2 Å². The van der Waals surface area contributed by atoms with Crippen LogP contribution in [0.15, 0.2) is 17.5 Å². The average Bonchev–Trinajstić information content (AvgIpc) is 3.16. The number of rotatable bonds is 6. The van der Waals surface area contributed by atoms with Crippen LogP contribution in [0.2, 0.25) is 0 Å². The van der Waals surface area contributed by atoms with Crippen molar-refractivity contribution < 1.29 is 9.53 Å². The second-order valence-corrected chi connectivity index (χ2v) is 7.00. The Balaban J connectivity index is 1.46. The van der Waals surface area contributed by atoms with Crippen molar-refractivity contribution in [1.29, 1.82) is 0 Å². The Morgan fingerprint density at radius 1 is 1.50 bits per heavy atom. The topological polar surface area (TPSA) is 72.3 Å². The SMILES string of the molecule is Cc1nc(C)n(C[C@@H]2CN(CC(=O)NCc3cccs3)CCO2)n1. The first-order valence-electron chi connectivity index (χ1n) is 8.11. The Hall–Kier alpha value is -1.77. The van der Waals surface area contributed by atoms with Gasteiger partial charge < -0.3 is 10.1 Å². The number of hydrogen-bond acceptors (Lipinski definition) is 6. The van der Waals surface area contributed by atoms with E-state index in [1.54, 1.807) is 11.3 Å². The minimum atomic E-state index is 0.0312. The van der Waals surface area contributed by atoms with E-state index in [9.17, 15) is 4.79 Å². The lowest BCUT2D eigenvalue weighted by atomic mass is 10.2. The van der Waals surface area contributed by atoms with Gasteiger partial charge in [-0.25, -0.2) is 9.67 Å². The van der Waals surface area contributed by atoms with E-state index < -0.39 is 0 Å². The fourth-order valence-electron chi connectivity index (χ4n) is 2.82. The van der Waals surface area contributed by atoms with Crippen molar-refractivity contribution in [3.8, 4) is 0 Å². The first-order valence-corrected chi connectivity index (χ1v) is 8.99. The second kappa shape index (κ2) is 7.87. The number of ether oxygens (including phenoxy) is 1. The van der Waals surface area contributed by atoms with Gasteiger partial charge in [0, 0.05) is 18.0 Å². The lowest BCUT2D eigenvalue weighted by Crippen LogP contribution is -2.48. The summed E-state index contributed by atoms with van der Waals surface area (Å²) in [4.78, 5) is 19.7. The fourth-order valence-corrected chi connectivity index (χ4v) is 3.46. The summed E-state index contributed by atoms with van der Waals surface area (Å²) in [5.41, 5.74) is 0. The van der Waals surface area contributed by atoms with Crippen LogP contribution in [0.3, 0.4) is 0 Å². The van der Waals surface area contributed by atoms with E-state index in [2.05, 4.69) is 20.3 Å². The molecule has 0 aromatic carbocycles. The van der Waals surface area contributed by atoms with Crippen molar-refractivity contribution in [1.82, 2.24) is 25.0 Å². The number of morpholine rings is 1. The van der Waals surface area contributed by atoms with E-state index in [4.69, 9.17) is 4.74 Å². The van der Waals surface area contributed by atoms with Gasteiger partial charge in [0.15, 0.2) is 0 Å². The smallest absolute Gasteiger partial charge is 0.234 e. The van der Waals surface area contributed by atoms with E-state index in [-0.39, 0.29) is 12.0 Å². The predicted molar refractivity (Wildman–Crippen MR) is 91.8 cm³/mol. The van der Waals surface area contributed by atoms with E-state index in [0.717, 1.165) is 24.7 Å². The van der Waals surface area contributed by atoms with Gasteiger partial charge in [0.2, 0.25) is 5.91 Å². The Morgan fingerprint density at radius 2 is 2.38 bits per heavy atom. The molecule has 24 heavy (non-hydrogen) atoms. The number of nitrogens with zero attached hydrogens (tertiary/aromatic N) is 4. The molecule has 1 aliphatic heterocycles. The molecule has 1 fully saturated rings. The summed E-state index contributed by atoms with van der Waals surface area (Å²) in [6.45, 7) is 7.63. The van der Waals surface area contributed by atoms with Crippen LogP contribution in [0.1, 0.15) is 16.5 Å². The highest BCUT2D eigenvalue weighted by Gasteiger charge is 2.23. The van der Waals surface area contributed by atoms with Gasteiger partial charge >= 0.3 is 0 Å². The Morgan fingerprint density at radius 3 is 3.08 bits per heavy atom. The molecular weight excluding hydrogens is 326 g/mol. The maximum atomic E-state index is 12.1. The first-order chi connectivity index (χ1) is 11.6. The summed E-state index contributed by atoms with van der Waals surface area (Å²) in [6.07, 6.45) is 0.0312. The molecule has 3 heterocycles. The van der Waals surface area contributed by atoms with Gasteiger partial charge in [0.25, 0.3) is 0 Å². The normalized spacial score (nSPS) is 18.7. The highest BCUT2D eigenvalue weighted by atomic mass is 32.1. The van der Waals surface area contributed by atoms with Crippen LogP contribution in [0.5, 0.6) is 0 Å². The van der Waals surface area contributed by atoms with Gasteiger partial charge in [-0.1, -0.05) is 6.07 Å².